The molecule has 0 bridgehead atoms. The molecule has 0 radical (unpaired) electrons. The van der Waals surface area contributed by atoms with Gasteiger partial charge in [-0.1, -0.05) is 25.1 Å². The molecule has 1 aliphatic rings. The number of carbonyl (C=O) groups excluding carboxylic acids is 2. The van der Waals surface area contributed by atoms with Crippen LogP contribution in [0.2, 0.25) is 0 Å². The Labute approximate surface area is 175 Å². The fourth-order valence-corrected chi connectivity index (χ4v) is 3.74. The number of para-hydroxylation sites is 1. The fraction of sp³-hybridized carbons (Fsp3) is 0.304. The molecule has 2 aromatic rings. The Morgan fingerprint density at radius 2 is 1.67 bits per heavy atom. The van der Waals surface area contributed by atoms with E-state index in [0.29, 0.717) is 28.5 Å². The van der Waals surface area contributed by atoms with Gasteiger partial charge in [0.1, 0.15) is 0 Å². The Morgan fingerprint density at radius 3 is 2.17 bits per heavy atom. The molecule has 158 valence electrons. The van der Waals surface area contributed by atoms with Gasteiger partial charge in [0, 0.05) is 12.1 Å². The number of aliphatic hydroxyl groups excluding tert-OH is 1. The van der Waals surface area contributed by atoms with E-state index in [9.17, 15) is 14.7 Å². The van der Waals surface area contributed by atoms with Gasteiger partial charge in [-0.25, -0.2) is 0 Å². The van der Waals surface area contributed by atoms with Crippen molar-refractivity contribution in [2.75, 3.05) is 26.2 Å². The molecule has 0 aliphatic carbocycles. The second kappa shape index (κ2) is 8.49. The highest BCUT2D eigenvalue weighted by atomic mass is 16.5. The van der Waals surface area contributed by atoms with Crippen molar-refractivity contribution in [3.05, 3.63) is 58.9 Å². The minimum absolute atomic E-state index is 0.0556. The lowest BCUT2D eigenvalue weighted by atomic mass is 9.94. The van der Waals surface area contributed by atoms with Crippen LogP contribution in [-0.2, 0) is 9.59 Å². The van der Waals surface area contributed by atoms with Gasteiger partial charge >= 0.3 is 0 Å². The number of hydrogen-bond acceptors (Lipinski definition) is 6. The van der Waals surface area contributed by atoms with E-state index in [1.54, 1.807) is 31.2 Å². The summed E-state index contributed by atoms with van der Waals surface area (Å²) in [4.78, 5) is 27.3. The monoisotopic (exact) mass is 411 g/mol. The number of aryl methyl sites for hydroxylation is 1. The van der Waals surface area contributed by atoms with Crippen molar-refractivity contribution in [1.82, 2.24) is 0 Å². The minimum Gasteiger partial charge on any atom is -0.503 e. The third-order valence-corrected chi connectivity index (χ3v) is 5.21. The van der Waals surface area contributed by atoms with E-state index in [-0.39, 0.29) is 17.8 Å². The highest BCUT2D eigenvalue weighted by Gasteiger charge is 2.44. The maximum absolute atomic E-state index is 13.1. The molecule has 0 spiro atoms. The van der Waals surface area contributed by atoms with Crippen LogP contribution < -0.4 is 19.1 Å². The summed E-state index contributed by atoms with van der Waals surface area (Å²) in [7, 11) is 4.48. The fourth-order valence-electron chi connectivity index (χ4n) is 3.74. The van der Waals surface area contributed by atoms with Crippen LogP contribution in [0.15, 0.2) is 47.7 Å². The van der Waals surface area contributed by atoms with Crippen LogP contribution in [0.3, 0.4) is 0 Å². The van der Waals surface area contributed by atoms with Crippen molar-refractivity contribution >= 4 is 17.4 Å². The van der Waals surface area contributed by atoms with Gasteiger partial charge in [0.2, 0.25) is 5.75 Å². The number of methoxy groups -OCH3 is 3. The number of aliphatic hydroxyl groups is 1. The van der Waals surface area contributed by atoms with Crippen molar-refractivity contribution in [2.24, 2.45) is 0 Å². The molecule has 1 unspecified atom stereocenters. The average molecular weight is 411 g/mol. The van der Waals surface area contributed by atoms with Crippen LogP contribution in [0.25, 0.3) is 0 Å². The van der Waals surface area contributed by atoms with Crippen LogP contribution in [0.1, 0.15) is 30.5 Å². The Morgan fingerprint density at radius 1 is 1.07 bits per heavy atom. The Hall–Kier alpha value is -3.48. The number of ketones is 1. The van der Waals surface area contributed by atoms with Gasteiger partial charge < -0.3 is 19.3 Å². The van der Waals surface area contributed by atoms with Gasteiger partial charge in [-0.2, -0.15) is 0 Å². The van der Waals surface area contributed by atoms with E-state index in [1.807, 2.05) is 19.1 Å². The molecule has 3 rings (SSSR count). The van der Waals surface area contributed by atoms with E-state index in [4.69, 9.17) is 14.2 Å². The Balaban J connectivity index is 2.29. The molecule has 7 nitrogen and oxygen atoms in total. The number of amides is 1. The average Bonchev–Trinajstić information content (AvgIpc) is 3.03. The molecular weight excluding hydrogens is 386 g/mol. The topological polar surface area (TPSA) is 85.3 Å². The number of carbonyl (C=O) groups is 2. The summed E-state index contributed by atoms with van der Waals surface area (Å²) in [5, 5.41) is 10.6. The van der Waals surface area contributed by atoms with Crippen molar-refractivity contribution in [3.63, 3.8) is 0 Å². The zero-order chi connectivity index (χ0) is 22.0. The summed E-state index contributed by atoms with van der Waals surface area (Å²) >= 11 is 0. The first kappa shape index (κ1) is 21.2. The van der Waals surface area contributed by atoms with Crippen LogP contribution in [0.5, 0.6) is 17.2 Å². The van der Waals surface area contributed by atoms with Gasteiger partial charge in [-0.15, -0.1) is 0 Å². The van der Waals surface area contributed by atoms with Crippen molar-refractivity contribution < 1.29 is 28.9 Å². The quantitative estimate of drug-likeness (QED) is 0.744. The predicted molar refractivity (Wildman–Crippen MR) is 112 cm³/mol. The molecular formula is C23H25NO6. The molecule has 1 heterocycles. The number of rotatable bonds is 7. The summed E-state index contributed by atoms with van der Waals surface area (Å²) < 4.78 is 16.3. The second-order valence-electron chi connectivity index (χ2n) is 6.86. The van der Waals surface area contributed by atoms with Crippen molar-refractivity contribution in [2.45, 2.75) is 26.3 Å². The van der Waals surface area contributed by atoms with Gasteiger partial charge in [-0.3, -0.25) is 14.5 Å². The molecule has 0 aromatic heterocycles. The first-order valence-corrected chi connectivity index (χ1v) is 9.54. The third-order valence-electron chi connectivity index (χ3n) is 5.21. The normalized spacial score (nSPS) is 16.1. The molecule has 0 saturated carbocycles. The number of Topliss-reactive ketones (excluding diaryl/α,β-unsaturated/α-hetero) is 1. The lowest BCUT2D eigenvalue weighted by Gasteiger charge is -2.29. The van der Waals surface area contributed by atoms with Gasteiger partial charge in [-0.05, 0) is 36.2 Å². The highest BCUT2D eigenvalue weighted by molar-refractivity contribution is 6.16. The van der Waals surface area contributed by atoms with Gasteiger partial charge in [0.15, 0.2) is 23.0 Å². The number of nitrogens with zero attached hydrogens (tertiary/aromatic N) is 1. The van der Waals surface area contributed by atoms with E-state index in [2.05, 4.69) is 0 Å². The lowest BCUT2D eigenvalue weighted by Crippen LogP contribution is -2.31. The zero-order valence-electron chi connectivity index (χ0n) is 17.7. The standard InChI is InChI=1S/C23H25NO6/c1-6-16(25)19-20(14-11-17(28-3)22(30-5)18(12-14)29-4)24(23(27)21(19)26)15-10-8-7-9-13(15)2/h7-12,20,26H,6H2,1-5H3. The largest absolute Gasteiger partial charge is 0.503 e. The number of anilines is 1. The highest BCUT2D eigenvalue weighted by Crippen LogP contribution is 2.47. The SMILES string of the molecule is CCC(=O)C1=C(O)C(=O)N(c2ccccc2C)C1c1cc(OC)c(OC)c(OC)c1. The molecule has 1 amide bonds. The summed E-state index contributed by atoms with van der Waals surface area (Å²) in [6.45, 7) is 3.56. The van der Waals surface area contributed by atoms with E-state index < -0.39 is 17.7 Å². The van der Waals surface area contributed by atoms with Crippen molar-refractivity contribution in [3.8, 4) is 17.2 Å². The predicted octanol–water partition coefficient (Wildman–Crippen LogP) is 3.90. The summed E-state index contributed by atoms with van der Waals surface area (Å²) in [5.74, 6) is -0.302. The van der Waals surface area contributed by atoms with Crippen LogP contribution >= 0.6 is 0 Å². The van der Waals surface area contributed by atoms with E-state index in [0.717, 1.165) is 5.56 Å². The van der Waals surface area contributed by atoms with Gasteiger partial charge in [0.25, 0.3) is 5.91 Å². The molecule has 1 atom stereocenters. The Bertz CT molecular complexity index is 1000. The second-order valence-corrected chi connectivity index (χ2v) is 6.86. The van der Waals surface area contributed by atoms with E-state index >= 15 is 0 Å². The summed E-state index contributed by atoms with van der Waals surface area (Å²) in [6.07, 6.45) is 0.148. The number of ether oxygens (including phenoxy) is 3. The smallest absolute Gasteiger partial charge is 0.294 e. The summed E-state index contributed by atoms with van der Waals surface area (Å²) in [6, 6.07) is 9.85. The molecule has 1 aliphatic heterocycles. The lowest BCUT2D eigenvalue weighted by molar-refractivity contribution is -0.118. The number of hydrogen-bond donors (Lipinski definition) is 1. The minimum atomic E-state index is -0.834. The maximum atomic E-state index is 13.1. The van der Waals surface area contributed by atoms with Crippen LogP contribution in [0, 0.1) is 6.92 Å². The van der Waals surface area contributed by atoms with Crippen LogP contribution in [0.4, 0.5) is 5.69 Å². The molecule has 7 heteroatoms. The van der Waals surface area contributed by atoms with Crippen molar-refractivity contribution in [1.29, 1.82) is 0 Å². The van der Waals surface area contributed by atoms with E-state index in [1.165, 1.54) is 26.2 Å². The molecule has 0 saturated heterocycles. The van der Waals surface area contributed by atoms with Gasteiger partial charge in [0.05, 0.1) is 32.9 Å². The third kappa shape index (κ3) is 3.36. The van der Waals surface area contributed by atoms with Crippen LogP contribution in [-0.4, -0.2) is 38.1 Å². The molecule has 0 fully saturated rings. The first-order valence-electron chi connectivity index (χ1n) is 9.54. The summed E-state index contributed by atoms with van der Waals surface area (Å²) in [5.41, 5.74) is 2.05. The molecule has 1 N–H and O–H groups in total. The Kier molecular flexibility index (Phi) is 6.01. The maximum Gasteiger partial charge on any atom is 0.294 e. The number of benzene rings is 2. The molecule has 2 aromatic carbocycles. The molecule has 30 heavy (non-hydrogen) atoms. The zero-order valence-corrected chi connectivity index (χ0v) is 17.7. The first-order chi connectivity index (χ1) is 14.4.